The fourth-order valence-corrected chi connectivity index (χ4v) is 24.8. The molecule has 4 aromatic carbocycles. The van der Waals surface area contributed by atoms with Gasteiger partial charge in [-0.1, -0.05) is 0 Å². The first-order chi connectivity index (χ1) is 68.1. The maximum absolute atomic E-state index is 14.7. The van der Waals surface area contributed by atoms with Crippen LogP contribution < -0.4 is 62.1 Å². The van der Waals surface area contributed by atoms with Crippen LogP contribution in [0.3, 0.4) is 0 Å². The molecule has 34 nitrogen and oxygen atoms in total. The number of aromatic nitrogens is 8. The minimum absolute atomic E-state index is 0.0501. The van der Waals surface area contributed by atoms with Crippen molar-refractivity contribution in [2.24, 2.45) is 0 Å². The summed E-state index contributed by atoms with van der Waals surface area (Å²) in [6.07, 6.45) is 24.4. The predicted molar refractivity (Wildman–Crippen MR) is 546 cm³/mol. The number of nitriles is 4. The molecule has 0 radical (unpaired) electrons. The van der Waals surface area contributed by atoms with Gasteiger partial charge >= 0.3 is 0 Å². The maximum atomic E-state index is 14.7. The number of piperidine rings is 5. The summed E-state index contributed by atoms with van der Waals surface area (Å²) in [5.74, 6) is 0.0732. The Morgan fingerprint density at radius 1 is 0.373 bits per heavy atom. The number of nitrogens with zero attached hydrogens (tertiary/aromatic N) is 22. The van der Waals surface area contributed by atoms with Crippen LogP contribution in [-0.4, -0.2) is 290 Å². The van der Waals surface area contributed by atoms with E-state index in [9.17, 15) is 52.1 Å². The maximum Gasteiger partial charge on any atom is 0.229 e. The zero-order valence-electron chi connectivity index (χ0n) is 83.3. The lowest BCUT2D eigenvalue weighted by atomic mass is 9.84. The Bertz CT molecular complexity index is 5910. The molecule has 4 aromatic heterocycles. The summed E-state index contributed by atoms with van der Waals surface area (Å²) in [5, 5.41) is 74.6. The van der Waals surface area contributed by atoms with Crippen molar-refractivity contribution in [2.45, 2.75) is 248 Å². The third-order valence-electron chi connectivity index (χ3n) is 30.7. The molecular weight excluding hydrogens is 1830 g/mol. The summed E-state index contributed by atoms with van der Waals surface area (Å²) in [6.45, 7) is 32.5. The average molecular weight is 1970 g/mol. The molecule has 0 amide bonds. The minimum atomic E-state index is -3.23. The van der Waals surface area contributed by atoms with Crippen LogP contribution in [0.2, 0.25) is 0 Å². The number of hydrogen-bond acceptors (Lipinski definition) is 33. The van der Waals surface area contributed by atoms with Gasteiger partial charge in [0.1, 0.15) is 24.3 Å². The molecule has 12 aliphatic rings. The van der Waals surface area contributed by atoms with Crippen molar-refractivity contribution in [1.29, 1.82) is 21.0 Å². The van der Waals surface area contributed by atoms with Gasteiger partial charge in [0.15, 0.2) is 46.5 Å². The van der Waals surface area contributed by atoms with E-state index < -0.39 is 33.3 Å². The van der Waals surface area contributed by atoms with Crippen LogP contribution in [0.5, 0.6) is 0 Å². The van der Waals surface area contributed by atoms with E-state index >= 15 is 0 Å². The van der Waals surface area contributed by atoms with Gasteiger partial charge in [0.05, 0.1) is 95.4 Å². The highest BCUT2D eigenvalue weighted by molar-refractivity contribution is 7.88. The van der Waals surface area contributed by atoms with Crippen molar-refractivity contribution in [1.82, 2.24) is 68.7 Å². The van der Waals surface area contributed by atoms with Gasteiger partial charge < -0.3 is 76.9 Å². The van der Waals surface area contributed by atoms with Gasteiger partial charge in [0, 0.05) is 172 Å². The Morgan fingerprint density at radius 3 is 0.901 bits per heavy atom. The SMILES string of the molecule is CC1(C)C[C@H](Nc2nc(Nc3ccc(N4CCC(O)CC4)c(C#N)c3)ncc2F)C[C@@H]2CCCN21.CC1(C)C[C@H](Nc2nc(Nc3ccc(N4CCN(S(C)(=O)=O)CC4)c(C#N)c3)ncc2F)C[C@@H]2CCCN21.CC1(C)C[C@H](Nc2nc(Nc3ccc(N4CCOCC4)c(C#N)c3)ncc2F)C[C@@H]2CCCN21.CN1CCN(c2ccc(Nc3ncc(F)c(N[C@@H]4C[C@@H]5CCCN5C(C)(C)C4)n3)cc2C#N)CC1. The Morgan fingerprint density at radius 2 is 0.634 bits per heavy atom. The molecule has 8 atom stereocenters. The average Bonchev–Trinajstić information content (AvgIpc) is 1.61. The van der Waals surface area contributed by atoms with E-state index in [0.29, 0.717) is 133 Å². The number of halogens is 4. The number of morpholine rings is 1. The number of nitrogens with one attached hydrogen (secondary N) is 8. The fraction of sp³-hybridized carbons (Fsp3) is 0.573. The third-order valence-corrected chi connectivity index (χ3v) is 32.0. The molecule has 9 N–H and O–H groups in total. The molecule has 16 heterocycles. The fourth-order valence-electron chi connectivity index (χ4n) is 24.0. The summed E-state index contributed by atoms with van der Waals surface area (Å²) in [4.78, 5) is 55.4. The van der Waals surface area contributed by atoms with Crippen LogP contribution in [0, 0.1) is 68.6 Å². The summed E-state index contributed by atoms with van der Waals surface area (Å²) in [6, 6.07) is 34.0. The normalized spacial score (nSPS) is 24.4. The first kappa shape index (κ1) is 102. The molecule has 0 unspecified atom stereocenters. The summed E-state index contributed by atoms with van der Waals surface area (Å²) in [7, 11) is -1.12. The Labute approximate surface area is 831 Å². The largest absolute Gasteiger partial charge is 0.393 e. The van der Waals surface area contributed by atoms with Crippen LogP contribution in [0.15, 0.2) is 97.6 Å². The molecule has 756 valence electrons. The molecule has 0 bridgehead atoms. The number of ether oxygens (including phenoxy) is 1. The van der Waals surface area contributed by atoms with Gasteiger partial charge in [-0.2, -0.15) is 45.3 Å². The highest BCUT2D eigenvalue weighted by atomic mass is 32.2. The molecule has 39 heteroatoms. The van der Waals surface area contributed by atoms with Gasteiger partial charge in [0.2, 0.25) is 33.8 Å². The minimum Gasteiger partial charge on any atom is -0.393 e. The van der Waals surface area contributed by atoms with Crippen molar-refractivity contribution < 1.29 is 35.8 Å². The summed E-state index contributed by atoms with van der Waals surface area (Å²) >= 11 is 0. The first-order valence-electron chi connectivity index (χ1n) is 50.5. The van der Waals surface area contributed by atoms with Gasteiger partial charge in [-0.25, -0.2) is 45.9 Å². The zero-order valence-corrected chi connectivity index (χ0v) is 84.1. The highest BCUT2D eigenvalue weighted by Gasteiger charge is 2.48. The molecule has 0 saturated carbocycles. The molecule has 0 aliphatic carbocycles. The monoisotopic (exact) mass is 1970 g/mol. The van der Waals surface area contributed by atoms with Crippen LogP contribution >= 0.6 is 0 Å². The van der Waals surface area contributed by atoms with Crippen LogP contribution in [0.25, 0.3) is 0 Å². The van der Waals surface area contributed by atoms with E-state index in [2.05, 4.69) is 208 Å². The number of fused-ring (bicyclic) bond motifs is 4. The van der Waals surface area contributed by atoms with Crippen molar-refractivity contribution in [2.75, 3.05) is 193 Å². The smallest absolute Gasteiger partial charge is 0.229 e. The first-order valence-corrected chi connectivity index (χ1v) is 52.3. The van der Waals surface area contributed by atoms with E-state index in [1.54, 1.807) is 18.2 Å². The van der Waals surface area contributed by atoms with Gasteiger partial charge in [-0.05, 0) is 277 Å². The summed E-state index contributed by atoms with van der Waals surface area (Å²) in [5.41, 5.74) is 8.55. The van der Waals surface area contributed by atoms with Gasteiger partial charge in [-0.3, -0.25) is 19.6 Å². The van der Waals surface area contributed by atoms with Gasteiger partial charge in [0.25, 0.3) is 0 Å². The molecule has 142 heavy (non-hydrogen) atoms. The number of sulfonamides is 1. The van der Waals surface area contributed by atoms with Gasteiger partial charge in [-0.15, -0.1) is 0 Å². The lowest BCUT2D eigenvalue weighted by molar-refractivity contribution is 0.0498. The number of piperazine rings is 2. The molecule has 12 saturated heterocycles. The van der Waals surface area contributed by atoms with Crippen molar-refractivity contribution in [3.05, 3.63) is 143 Å². The Hall–Kier alpha value is -11.9. The Balaban J connectivity index is 0.000000130. The standard InChI is InChI=1S/C26H35FN8O2S.C26H35FN8.C26H34FN7O.C25H32FN7O/c1-26(2)15-20(14-21-5-4-8-35(21)26)30-24-22(27)17-29-25(32-24)31-19-6-7-23(18(13-19)16-28)33-9-11-34(12-10-33)38(3,36)37;1-26(2)15-20(14-21-5-4-8-35(21)26)30-24-22(27)17-29-25(32-24)31-19-6-7-23(18(13-19)16-28)34-11-9-33(3)10-12-34;1-26(2)14-19(13-20-4-3-9-34(20)26)30-24-22(27)16-29-25(32-24)31-18-5-6-23(17(12-18)15-28)33-10-7-21(35)8-11-33;1-25(2)14-19(13-20-4-3-7-33(20)25)29-23-21(26)16-28-24(31-23)30-18-5-6-22(17(12-18)15-27)32-8-10-34-11-9-32/h6-7,13,17,20-21H,4-5,8-12,14-15H2,1-3H3,(H2,29,30,31,32);6-7,13,17,20-21H,4-5,8-12,14-15H2,1-3H3,(H2,29,30,31,32);5-6,12,16,19-21,35H,3-4,7-11,13-14H2,1-2H3,(H2,29,30,31,32);5-6,12,16,19-20H,3-4,7-11,13-14H2,1-2H3,(H2,28,29,30,31)/t2*20-,21+;2*19-,20+/m1111/s1. The van der Waals surface area contributed by atoms with E-state index in [1.807, 2.05) is 59.5 Å². The van der Waals surface area contributed by atoms with Crippen molar-refractivity contribution in [3.63, 3.8) is 0 Å². The van der Waals surface area contributed by atoms with Crippen molar-refractivity contribution in [3.8, 4) is 24.3 Å². The number of hydrogen-bond donors (Lipinski definition) is 9. The predicted octanol–water partition coefficient (Wildman–Crippen LogP) is 14.8. The highest BCUT2D eigenvalue weighted by Crippen LogP contribution is 2.45. The van der Waals surface area contributed by atoms with Crippen LogP contribution in [0.1, 0.15) is 193 Å². The molecular formula is C103H136F4N30O4S. The second kappa shape index (κ2) is 43.7. The van der Waals surface area contributed by atoms with E-state index in [0.717, 1.165) is 159 Å². The molecule has 12 fully saturated rings. The molecule has 12 aliphatic heterocycles. The lowest BCUT2D eigenvalue weighted by Crippen LogP contribution is -2.55. The quantitative estimate of drug-likeness (QED) is 0.0302. The molecule has 0 spiro atoms. The summed E-state index contributed by atoms with van der Waals surface area (Å²) < 4.78 is 89.1. The number of rotatable bonds is 21. The number of likely N-dealkylation sites (N-methyl/N-ethyl adjacent to an activating group) is 1. The second-order valence-electron chi connectivity index (χ2n) is 42.5. The number of benzene rings is 4. The number of aliphatic hydroxyl groups is 1. The number of aliphatic hydroxyl groups excluding tert-OH is 1. The van der Waals surface area contributed by atoms with Crippen molar-refractivity contribution >= 4 is 103 Å². The molecule has 20 rings (SSSR count). The lowest BCUT2D eigenvalue weighted by Gasteiger charge is -2.47. The van der Waals surface area contributed by atoms with E-state index in [-0.39, 0.29) is 87.6 Å². The van der Waals surface area contributed by atoms with Crippen LogP contribution in [0.4, 0.5) is 110 Å². The van der Waals surface area contributed by atoms with E-state index in [4.69, 9.17) is 4.74 Å². The topological polar surface area (TPSA) is 391 Å². The van der Waals surface area contributed by atoms with Crippen LogP contribution in [-0.2, 0) is 14.8 Å². The number of anilines is 16. The zero-order chi connectivity index (χ0) is 99.9. The van der Waals surface area contributed by atoms with E-state index in [1.165, 1.54) is 80.5 Å². The Kier molecular flexibility index (Phi) is 31.3. The second-order valence-corrected chi connectivity index (χ2v) is 44.5. The molecule has 8 aromatic rings. The third kappa shape index (κ3) is 24.3.